The first kappa shape index (κ1) is 13.8. The van der Waals surface area contributed by atoms with Gasteiger partial charge in [-0.25, -0.2) is 0 Å². The molecule has 1 aromatic heterocycles. The van der Waals surface area contributed by atoms with Crippen molar-refractivity contribution in [3.8, 4) is 11.3 Å². The average molecular weight is 299 g/mol. The summed E-state index contributed by atoms with van der Waals surface area (Å²) in [5, 5.41) is 14.7. The first-order valence-electron chi connectivity index (χ1n) is 6.75. The van der Waals surface area contributed by atoms with E-state index in [1.165, 1.54) is 0 Å². The molecule has 4 nitrogen and oxygen atoms in total. The smallest absolute Gasteiger partial charge is 0.156 e. The number of nitrogens with one attached hydrogen (secondary N) is 1. The van der Waals surface area contributed by atoms with Gasteiger partial charge in [-0.05, 0) is 12.1 Å². The molecule has 0 atom stereocenters. The van der Waals surface area contributed by atoms with Gasteiger partial charge in [0.2, 0.25) is 0 Å². The molecule has 3 aromatic rings. The van der Waals surface area contributed by atoms with Crippen molar-refractivity contribution in [2.45, 2.75) is 0 Å². The molecule has 0 saturated carbocycles. The van der Waals surface area contributed by atoms with Gasteiger partial charge in [0.25, 0.3) is 0 Å². The molecule has 0 aliphatic rings. The molecular formula is C16H15ClN4. The molecule has 2 aromatic carbocycles. The largest absolute Gasteiger partial charge is 0.367 e. The number of rotatable bonds is 4. The van der Waals surface area contributed by atoms with Crippen LogP contribution in [0.25, 0.3) is 22.0 Å². The van der Waals surface area contributed by atoms with Crippen LogP contribution in [-0.2, 0) is 0 Å². The molecule has 5 heteroatoms. The molecule has 0 aliphatic heterocycles. The highest BCUT2D eigenvalue weighted by atomic mass is 35.5. The number of nitrogens with two attached hydrogens (primary N) is 1. The summed E-state index contributed by atoms with van der Waals surface area (Å²) >= 11 is 5.94. The lowest BCUT2D eigenvalue weighted by Gasteiger charge is -2.10. The molecule has 0 unspecified atom stereocenters. The third-order valence-corrected chi connectivity index (χ3v) is 3.49. The van der Waals surface area contributed by atoms with Crippen molar-refractivity contribution < 1.29 is 0 Å². The molecule has 21 heavy (non-hydrogen) atoms. The maximum atomic E-state index is 5.94. The Bertz CT molecular complexity index is 756. The van der Waals surface area contributed by atoms with E-state index in [1.807, 2.05) is 48.5 Å². The van der Waals surface area contributed by atoms with Gasteiger partial charge in [0.1, 0.15) is 5.69 Å². The van der Waals surface area contributed by atoms with Crippen LogP contribution >= 0.6 is 11.6 Å². The van der Waals surface area contributed by atoms with E-state index >= 15 is 0 Å². The predicted molar refractivity (Wildman–Crippen MR) is 87.5 cm³/mol. The number of nitrogens with zero attached hydrogens (tertiary/aromatic N) is 2. The van der Waals surface area contributed by atoms with Gasteiger partial charge in [-0.2, -0.15) is 0 Å². The zero-order chi connectivity index (χ0) is 14.7. The fraction of sp³-hybridized carbons (Fsp3) is 0.125. The van der Waals surface area contributed by atoms with E-state index in [9.17, 15) is 0 Å². The third kappa shape index (κ3) is 2.82. The van der Waals surface area contributed by atoms with Crippen LogP contribution in [0.2, 0.25) is 5.02 Å². The van der Waals surface area contributed by atoms with Crippen LogP contribution < -0.4 is 11.1 Å². The summed E-state index contributed by atoms with van der Waals surface area (Å²) in [6.07, 6.45) is 0. The first-order chi connectivity index (χ1) is 10.3. The van der Waals surface area contributed by atoms with Gasteiger partial charge >= 0.3 is 0 Å². The van der Waals surface area contributed by atoms with Gasteiger partial charge in [-0.3, -0.25) is 0 Å². The minimum Gasteiger partial charge on any atom is -0.367 e. The number of halogens is 1. The van der Waals surface area contributed by atoms with Crippen LogP contribution in [0.1, 0.15) is 0 Å². The number of fused-ring (bicyclic) bond motifs is 1. The second kappa shape index (κ2) is 6.08. The molecule has 0 saturated heterocycles. The number of hydrogen-bond acceptors (Lipinski definition) is 4. The number of hydrogen-bond donors (Lipinski definition) is 2. The van der Waals surface area contributed by atoms with Crippen LogP contribution in [-0.4, -0.2) is 23.3 Å². The molecule has 3 N–H and O–H groups in total. The fourth-order valence-electron chi connectivity index (χ4n) is 2.25. The van der Waals surface area contributed by atoms with Gasteiger partial charge in [-0.15, -0.1) is 10.2 Å². The second-order valence-electron chi connectivity index (χ2n) is 4.67. The molecule has 0 amide bonds. The molecule has 0 spiro atoms. The Morgan fingerprint density at radius 2 is 1.67 bits per heavy atom. The maximum Gasteiger partial charge on any atom is 0.156 e. The summed E-state index contributed by atoms with van der Waals surface area (Å²) in [5.74, 6) is 0.758. The van der Waals surface area contributed by atoms with Gasteiger partial charge in [-0.1, -0.05) is 48.0 Å². The summed E-state index contributed by atoms with van der Waals surface area (Å²) < 4.78 is 0. The fourth-order valence-corrected chi connectivity index (χ4v) is 2.37. The Morgan fingerprint density at radius 3 is 2.38 bits per heavy atom. The van der Waals surface area contributed by atoms with Crippen LogP contribution in [0.4, 0.5) is 5.82 Å². The standard InChI is InChI=1S/C16H15ClN4/c17-12-7-5-11(6-8-12)15-13-3-1-2-4-14(13)16(21-20-15)19-10-9-18/h1-8H,9-10,18H2,(H,19,21). The van der Waals surface area contributed by atoms with E-state index in [2.05, 4.69) is 15.5 Å². The Hall–Kier alpha value is -2.17. The lowest BCUT2D eigenvalue weighted by Crippen LogP contribution is -2.14. The highest BCUT2D eigenvalue weighted by molar-refractivity contribution is 6.30. The SMILES string of the molecule is NCCNc1nnc(-c2ccc(Cl)cc2)c2ccccc12. The minimum atomic E-state index is 0.551. The van der Waals surface area contributed by atoms with Gasteiger partial charge in [0.15, 0.2) is 5.82 Å². The lowest BCUT2D eigenvalue weighted by molar-refractivity contribution is 0.984. The van der Waals surface area contributed by atoms with Crippen LogP contribution in [0.15, 0.2) is 48.5 Å². The number of aromatic nitrogens is 2. The predicted octanol–water partition coefficient (Wildman–Crippen LogP) is 3.32. The van der Waals surface area contributed by atoms with Crippen LogP contribution in [0.3, 0.4) is 0 Å². The van der Waals surface area contributed by atoms with Gasteiger partial charge < -0.3 is 11.1 Å². The first-order valence-corrected chi connectivity index (χ1v) is 7.12. The topological polar surface area (TPSA) is 63.8 Å². The van der Waals surface area contributed by atoms with E-state index < -0.39 is 0 Å². The molecule has 0 aliphatic carbocycles. The maximum absolute atomic E-state index is 5.94. The zero-order valence-electron chi connectivity index (χ0n) is 11.4. The van der Waals surface area contributed by atoms with Crippen molar-refractivity contribution in [1.29, 1.82) is 0 Å². The molecule has 3 rings (SSSR count). The number of benzene rings is 2. The van der Waals surface area contributed by atoms with E-state index in [0.29, 0.717) is 18.1 Å². The Morgan fingerprint density at radius 1 is 0.952 bits per heavy atom. The molecule has 106 valence electrons. The summed E-state index contributed by atoms with van der Waals surface area (Å²) in [4.78, 5) is 0. The van der Waals surface area contributed by atoms with Crippen LogP contribution in [0, 0.1) is 0 Å². The van der Waals surface area contributed by atoms with E-state index in [4.69, 9.17) is 17.3 Å². The molecule has 0 radical (unpaired) electrons. The molecule has 1 heterocycles. The lowest BCUT2D eigenvalue weighted by atomic mass is 10.0. The van der Waals surface area contributed by atoms with Crippen molar-refractivity contribution in [2.24, 2.45) is 5.73 Å². The monoisotopic (exact) mass is 298 g/mol. The van der Waals surface area contributed by atoms with Crippen molar-refractivity contribution in [3.63, 3.8) is 0 Å². The molecular weight excluding hydrogens is 284 g/mol. The van der Waals surface area contributed by atoms with Crippen molar-refractivity contribution in [3.05, 3.63) is 53.6 Å². The Balaban J connectivity index is 2.14. The summed E-state index contributed by atoms with van der Waals surface area (Å²) in [6.45, 7) is 1.22. The molecule has 0 bridgehead atoms. The molecule has 0 fully saturated rings. The van der Waals surface area contributed by atoms with Gasteiger partial charge in [0.05, 0.1) is 0 Å². The van der Waals surface area contributed by atoms with Crippen molar-refractivity contribution in [2.75, 3.05) is 18.4 Å². The van der Waals surface area contributed by atoms with E-state index in [0.717, 1.165) is 27.8 Å². The normalized spacial score (nSPS) is 10.8. The van der Waals surface area contributed by atoms with E-state index in [1.54, 1.807) is 0 Å². The highest BCUT2D eigenvalue weighted by Gasteiger charge is 2.10. The summed E-state index contributed by atoms with van der Waals surface area (Å²) in [6, 6.07) is 15.7. The summed E-state index contributed by atoms with van der Waals surface area (Å²) in [7, 11) is 0. The number of anilines is 1. The van der Waals surface area contributed by atoms with Crippen LogP contribution in [0.5, 0.6) is 0 Å². The Kier molecular flexibility index (Phi) is 3.99. The zero-order valence-corrected chi connectivity index (χ0v) is 12.1. The van der Waals surface area contributed by atoms with E-state index in [-0.39, 0.29) is 0 Å². The average Bonchev–Trinajstić information content (AvgIpc) is 2.53. The quantitative estimate of drug-likeness (QED) is 0.775. The summed E-state index contributed by atoms with van der Waals surface area (Å²) in [5.41, 5.74) is 7.37. The van der Waals surface area contributed by atoms with Gasteiger partial charge in [0, 0.05) is 34.4 Å². The minimum absolute atomic E-state index is 0.551. The van der Waals surface area contributed by atoms with Crippen molar-refractivity contribution in [1.82, 2.24) is 10.2 Å². The second-order valence-corrected chi connectivity index (χ2v) is 5.10. The third-order valence-electron chi connectivity index (χ3n) is 3.24. The highest BCUT2D eigenvalue weighted by Crippen LogP contribution is 2.30. The Labute approximate surface area is 128 Å². The van der Waals surface area contributed by atoms with Crippen molar-refractivity contribution >= 4 is 28.2 Å².